The molecule has 10 heteroatoms. The van der Waals surface area contributed by atoms with Crippen molar-refractivity contribution < 1.29 is 25.8 Å². The first kappa shape index (κ1) is 46.0. The number of anilines is 5. The van der Waals surface area contributed by atoms with Crippen LogP contribution in [0, 0.1) is 12.1 Å². The van der Waals surface area contributed by atoms with E-state index in [1.807, 2.05) is 24.5 Å². The maximum absolute atomic E-state index is 6.84. The van der Waals surface area contributed by atoms with Crippen LogP contribution >= 0.6 is 0 Å². The van der Waals surface area contributed by atoms with Crippen molar-refractivity contribution >= 4 is 53.5 Å². The van der Waals surface area contributed by atoms with Crippen molar-refractivity contribution in [1.82, 2.24) is 14.4 Å². The predicted molar refractivity (Wildman–Crippen MR) is 269 cm³/mol. The smallest absolute Gasteiger partial charge is 0.503 e. The Morgan fingerprint density at radius 1 is 0.585 bits per heavy atom. The molecule has 0 unspecified atom stereocenters. The molecule has 2 aliphatic heterocycles. The summed E-state index contributed by atoms with van der Waals surface area (Å²) in [6.07, 6.45) is 5.96. The fourth-order valence-electron chi connectivity index (χ4n) is 9.92. The molecule has 4 heterocycles. The van der Waals surface area contributed by atoms with E-state index in [4.69, 9.17) is 14.7 Å². The van der Waals surface area contributed by atoms with Gasteiger partial charge in [-0.15, -0.1) is 24.3 Å². The van der Waals surface area contributed by atoms with E-state index in [9.17, 15) is 0 Å². The van der Waals surface area contributed by atoms with E-state index in [1.165, 1.54) is 38.7 Å². The van der Waals surface area contributed by atoms with Crippen LogP contribution in [-0.4, -0.2) is 35.5 Å². The maximum Gasteiger partial charge on any atom is 2.00 e. The van der Waals surface area contributed by atoms with Crippen molar-refractivity contribution in [3.63, 3.8) is 0 Å². The van der Waals surface area contributed by atoms with Crippen LogP contribution in [0.25, 0.3) is 11.4 Å². The predicted octanol–water partition coefficient (Wildman–Crippen LogP) is 12.5. The second-order valence-corrected chi connectivity index (χ2v) is 19.8. The summed E-state index contributed by atoms with van der Waals surface area (Å²) in [6.45, 7) is 24.8. The third kappa shape index (κ3) is 8.24. The van der Waals surface area contributed by atoms with Crippen molar-refractivity contribution in [3.8, 4) is 22.9 Å². The molecule has 5 aromatic carbocycles. The largest absolute Gasteiger partial charge is 2.00 e. The molecule has 7 aromatic rings. The number of nitrogens with zero attached hydrogens (tertiary/aromatic N) is 6. The summed E-state index contributed by atoms with van der Waals surface area (Å²) in [4.78, 5) is 17.3. The average molecular weight is 1040 g/mol. The molecule has 2 aromatic heterocycles. The molecule has 0 radical (unpaired) electrons. The summed E-state index contributed by atoms with van der Waals surface area (Å²) in [5.74, 6) is 4.25. The third-order valence-corrected chi connectivity index (χ3v) is 13.1. The molecule has 0 aliphatic carbocycles. The summed E-state index contributed by atoms with van der Waals surface area (Å²) in [7, 11) is 2.19. The second kappa shape index (κ2) is 18.0. The monoisotopic (exact) mass is 1040 g/mol. The van der Waals surface area contributed by atoms with Crippen molar-refractivity contribution in [1.29, 1.82) is 0 Å². The molecule has 0 amide bonds. The minimum absolute atomic E-state index is 0. The van der Waals surface area contributed by atoms with E-state index in [2.05, 4.69) is 211 Å². The molecule has 0 saturated heterocycles. The van der Waals surface area contributed by atoms with Crippen molar-refractivity contribution in [2.24, 2.45) is 0 Å². The Kier molecular flexibility index (Phi) is 12.8. The summed E-state index contributed by atoms with van der Waals surface area (Å²) in [5, 5.41) is 0. The van der Waals surface area contributed by atoms with Gasteiger partial charge in [-0.2, -0.15) is 0 Å². The molecule has 0 saturated carbocycles. The van der Waals surface area contributed by atoms with Crippen LogP contribution in [-0.2, 0) is 26.5 Å². The van der Waals surface area contributed by atoms with Crippen molar-refractivity contribution in [2.75, 3.05) is 21.5 Å². The van der Waals surface area contributed by atoms with E-state index in [-0.39, 0.29) is 40.4 Å². The number of aromatic nitrogens is 3. The van der Waals surface area contributed by atoms with Crippen LogP contribution in [0.15, 0.2) is 122 Å². The summed E-state index contributed by atoms with van der Waals surface area (Å²) < 4.78 is 9.14. The van der Waals surface area contributed by atoms with Gasteiger partial charge in [-0.05, 0) is 99.1 Å². The van der Waals surface area contributed by atoms with Crippen LogP contribution in [0.5, 0.6) is 11.5 Å². The first-order valence-electron chi connectivity index (χ1n) is 23.1. The Morgan fingerprint density at radius 3 is 1.71 bits per heavy atom. The van der Waals surface area contributed by atoms with Gasteiger partial charge < -0.3 is 23.6 Å². The molecular formula is C55H60B2N6OPt. The quantitative estimate of drug-likeness (QED) is 0.100. The molecule has 0 spiro atoms. The van der Waals surface area contributed by atoms with Crippen molar-refractivity contribution in [2.45, 2.75) is 105 Å². The SMILES string of the molecule is CC(C)c1cccc(C(C)C)c1B1N(c2cc(C(C)(C)C)ccn2)c2[c-]c(Oc3[c-]c4c(cc3)N(C)B(c3c(C(C)C)cccc3C(C)C)n3ccnc3-4)ccc2N1c1ccccc1.[Pt+2]. The third-order valence-electron chi connectivity index (χ3n) is 13.1. The first-order chi connectivity index (χ1) is 30.6. The molecule has 0 atom stereocenters. The number of fused-ring (bicyclic) bond motifs is 4. The Morgan fingerprint density at radius 2 is 1.14 bits per heavy atom. The zero-order valence-corrected chi connectivity index (χ0v) is 42.2. The van der Waals surface area contributed by atoms with Gasteiger partial charge in [-0.3, -0.25) is 4.98 Å². The normalized spacial score (nSPS) is 13.5. The van der Waals surface area contributed by atoms with Gasteiger partial charge in [0.05, 0.1) is 0 Å². The average Bonchev–Trinajstić information content (AvgIpc) is 3.89. The van der Waals surface area contributed by atoms with Crippen LogP contribution < -0.4 is 30.1 Å². The van der Waals surface area contributed by atoms with Gasteiger partial charge >= 0.3 is 35.0 Å². The van der Waals surface area contributed by atoms with E-state index in [1.54, 1.807) is 0 Å². The summed E-state index contributed by atoms with van der Waals surface area (Å²) in [5.41, 5.74) is 14.1. The Labute approximate surface area is 402 Å². The number of hydrogen-bond donors (Lipinski definition) is 0. The Hall–Kier alpha value is -5.52. The maximum atomic E-state index is 6.84. The zero-order chi connectivity index (χ0) is 45.2. The van der Waals surface area contributed by atoms with E-state index >= 15 is 0 Å². The first-order valence-corrected chi connectivity index (χ1v) is 23.1. The number of rotatable bonds is 10. The van der Waals surface area contributed by atoms with Crippen LogP contribution in [0.4, 0.5) is 28.6 Å². The summed E-state index contributed by atoms with van der Waals surface area (Å²) >= 11 is 0. The van der Waals surface area contributed by atoms with Crippen molar-refractivity contribution in [3.05, 3.63) is 162 Å². The molecule has 9 rings (SSSR count). The Bertz CT molecular complexity index is 2780. The van der Waals surface area contributed by atoms with E-state index in [0.717, 1.165) is 40.0 Å². The van der Waals surface area contributed by atoms with Gasteiger partial charge in [0.2, 0.25) is 0 Å². The summed E-state index contributed by atoms with van der Waals surface area (Å²) in [6, 6.07) is 44.6. The fourth-order valence-corrected chi connectivity index (χ4v) is 9.92. The minimum atomic E-state index is -0.252. The van der Waals surface area contributed by atoms with Gasteiger partial charge in [-0.25, -0.2) is 4.98 Å². The number of ether oxygens (including phenoxy) is 1. The molecule has 0 bridgehead atoms. The Balaban J connectivity index is 0.00000576. The molecule has 7 nitrogen and oxygen atoms in total. The number of hydrogen-bond acceptors (Lipinski definition) is 6. The van der Waals surface area contributed by atoms with Gasteiger partial charge in [0.25, 0.3) is 0 Å². The second-order valence-electron chi connectivity index (χ2n) is 19.8. The molecular weight excluding hydrogens is 977 g/mol. The fraction of sp³-hybridized carbons (Fsp3) is 0.309. The van der Waals surface area contributed by atoms with E-state index in [0.29, 0.717) is 35.2 Å². The number of benzene rings is 5. The molecule has 2 aliphatic rings. The van der Waals surface area contributed by atoms with Gasteiger partial charge in [0, 0.05) is 41.6 Å². The number of imidazole rings is 1. The van der Waals surface area contributed by atoms with E-state index < -0.39 is 0 Å². The van der Waals surface area contributed by atoms with Gasteiger partial charge in [0.1, 0.15) is 5.82 Å². The topological polar surface area (TPSA) is 49.7 Å². The van der Waals surface area contributed by atoms with Crippen LogP contribution in [0.2, 0.25) is 0 Å². The minimum Gasteiger partial charge on any atom is -0.503 e. The number of pyridine rings is 1. The molecule has 65 heavy (non-hydrogen) atoms. The van der Waals surface area contributed by atoms with Gasteiger partial charge in [0.15, 0.2) is 0 Å². The van der Waals surface area contributed by atoms with Gasteiger partial charge in [-0.1, -0.05) is 166 Å². The standard InChI is InChI=1S/C55H60B2N6O.Pt/c1-35(2)43-20-16-21-44(36(3)4)52(43)56-60(12)48-26-24-41(33-47(48)54-59-30-31-61(54)56)64-42-25-27-49-50(34-42)63(51-32-39(28-29-58-51)55(9,10)11)57(62(49)40-18-14-13-15-19-40)53-45(37(5)6)22-17-23-46(53)38(7)8;/h13-32,35-38H,1-12H3;/q-2;+2. The number of para-hydroxylation sites is 1. The zero-order valence-electron chi connectivity index (χ0n) is 39.9. The molecule has 332 valence electrons. The van der Waals surface area contributed by atoms with Crippen LogP contribution in [0.1, 0.15) is 128 Å². The molecule has 0 fully saturated rings. The molecule has 0 N–H and O–H groups in total. The van der Waals surface area contributed by atoms with Crippen LogP contribution in [0.3, 0.4) is 0 Å².